The molecule has 1 N–H and O–H groups in total. The van der Waals surface area contributed by atoms with Gasteiger partial charge in [0.05, 0.1) is 23.0 Å². The van der Waals surface area contributed by atoms with Crippen molar-refractivity contribution >= 4 is 39.1 Å². The monoisotopic (exact) mass is 445 g/mol. The van der Waals surface area contributed by atoms with Gasteiger partial charge in [0.15, 0.2) is 0 Å². The minimum Gasteiger partial charge on any atom is -0.496 e. The van der Waals surface area contributed by atoms with Crippen LogP contribution in [0.4, 0.5) is 11.4 Å². The average Bonchev–Trinajstić information content (AvgIpc) is 2.73. The summed E-state index contributed by atoms with van der Waals surface area (Å²) in [5.74, 6) is 0.679. The van der Waals surface area contributed by atoms with Gasteiger partial charge < -0.3 is 19.9 Å². The molecule has 0 saturated carbocycles. The molecule has 1 heterocycles. The van der Waals surface area contributed by atoms with Crippen LogP contribution < -0.4 is 15.0 Å². The number of ether oxygens (including phenoxy) is 1. The lowest BCUT2D eigenvalue weighted by molar-refractivity contribution is -0.131. The van der Waals surface area contributed by atoms with Crippen LogP contribution in [-0.2, 0) is 4.79 Å². The molecule has 1 fully saturated rings. The van der Waals surface area contributed by atoms with Crippen molar-refractivity contribution in [3.8, 4) is 5.75 Å². The highest BCUT2D eigenvalue weighted by Gasteiger charge is 2.22. The van der Waals surface area contributed by atoms with E-state index in [1.807, 2.05) is 36.1 Å². The number of benzene rings is 2. The average molecular weight is 446 g/mol. The van der Waals surface area contributed by atoms with Crippen molar-refractivity contribution in [3.05, 3.63) is 52.5 Å². The van der Waals surface area contributed by atoms with E-state index in [4.69, 9.17) is 4.74 Å². The number of carbonyl (C=O) groups is 2. The van der Waals surface area contributed by atoms with E-state index in [-0.39, 0.29) is 11.8 Å². The minimum atomic E-state index is -0.185. The third-order valence-corrected chi connectivity index (χ3v) is 5.46. The van der Waals surface area contributed by atoms with Crippen molar-refractivity contribution in [2.24, 2.45) is 0 Å². The van der Waals surface area contributed by atoms with Crippen LogP contribution in [0.2, 0.25) is 0 Å². The zero-order chi connectivity index (χ0) is 20.1. The van der Waals surface area contributed by atoms with Gasteiger partial charge in [-0.3, -0.25) is 9.59 Å². The van der Waals surface area contributed by atoms with Crippen molar-refractivity contribution in [2.75, 3.05) is 43.5 Å². The molecule has 0 bridgehead atoms. The fourth-order valence-electron chi connectivity index (χ4n) is 3.28. The van der Waals surface area contributed by atoms with Crippen LogP contribution in [0, 0.1) is 0 Å². The Morgan fingerprint density at radius 3 is 2.46 bits per heavy atom. The molecule has 2 amide bonds. The molecule has 3 rings (SSSR count). The molecule has 7 heteroatoms. The summed E-state index contributed by atoms with van der Waals surface area (Å²) >= 11 is 3.42. The first-order valence-electron chi connectivity index (χ1n) is 9.30. The molecule has 0 aromatic heterocycles. The summed E-state index contributed by atoms with van der Waals surface area (Å²) in [6.07, 6.45) is 0.532. The lowest BCUT2D eigenvalue weighted by atomic mass is 10.1. The van der Waals surface area contributed by atoms with Crippen LogP contribution in [-0.4, -0.2) is 50.0 Å². The first kappa shape index (κ1) is 20.2. The summed E-state index contributed by atoms with van der Waals surface area (Å²) in [5.41, 5.74) is 2.27. The SMILES string of the molecule is CCC(=O)N1CCN(c2ccccc2NC(=O)c2ccc(OC)c(Br)c2)CC1. The molecule has 1 aliphatic rings. The maximum absolute atomic E-state index is 12.7. The summed E-state index contributed by atoms with van der Waals surface area (Å²) in [7, 11) is 1.59. The molecular weight excluding hydrogens is 422 g/mol. The van der Waals surface area contributed by atoms with Gasteiger partial charge in [-0.15, -0.1) is 0 Å². The van der Waals surface area contributed by atoms with E-state index in [2.05, 4.69) is 26.1 Å². The van der Waals surface area contributed by atoms with Crippen LogP contribution in [0.5, 0.6) is 5.75 Å². The lowest BCUT2D eigenvalue weighted by Gasteiger charge is -2.36. The maximum Gasteiger partial charge on any atom is 0.255 e. The number of halogens is 1. The topological polar surface area (TPSA) is 61.9 Å². The van der Waals surface area contributed by atoms with Gasteiger partial charge in [0.1, 0.15) is 5.75 Å². The van der Waals surface area contributed by atoms with E-state index in [9.17, 15) is 9.59 Å². The minimum absolute atomic E-state index is 0.185. The quantitative estimate of drug-likeness (QED) is 0.760. The van der Waals surface area contributed by atoms with Gasteiger partial charge in [-0.1, -0.05) is 19.1 Å². The van der Waals surface area contributed by atoms with Crippen LogP contribution in [0.1, 0.15) is 23.7 Å². The summed E-state index contributed by atoms with van der Waals surface area (Å²) in [6, 6.07) is 13.0. The van der Waals surface area contributed by atoms with Crippen molar-refractivity contribution in [1.82, 2.24) is 4.90 Å². The molecule has 2 aromatic rings. The van der Waals surface area contributed by atoms with Gasteiger partial charge in [0, 0.05) is 38.2 Å². The normalized spacial score (nSPS) is 14.0. The molecule has 1 aliphatic heterocycles. The lowest BCUT2D eigenvalue weighted by Crippen LogP contribution is -2.48. The number of piperazine rings is 1. The fourth-order valence-corrected chi connectivity index (χ4v) is 3.82. The van der Waals surface area contributed by atoms with Gasteiger partial charge in [-0.05, 0) is 46.3 Å². The number of amides is 2. The number of hydrogen-bond donors (Lipinski definition) is 1. The maximum atomic E-state index is 12.7. The standard InChI is InChI=1S/C21H24BrN3O3/c1-3-20(26)25-12-10-24(11-13-25)18-7-5-4-6-17(18)23-21(27)15-8-9-19(28-2)16(22)14-15/h4-9,14H,3,10-13H2,1-2H3,(H,23,27). The van der Waals surface area contributed by atoms with Crippen LogP contribution >= 0.6 is 15.9 Å². The first-order chi connectivity index (χ1) is 13.5. The molecule has 148 valence electrons. The van der Waals surface area contributed by atoms with E-state index in [1.54, 1.807) is 25.3 Å². The highest BCUT2D eigenvalue weighted by molar-refractivity contribution is 9.10. The predicted octanol–water partition coefficient (Wildman–Crippen LogP) is 3.77. The number of anilines is 2. The second-order valence-corrected chi connectivity index (χ2v) is 7.40. The molecular formula is C21H24BrN3O3. The van der Waals surface area contributed by atoms with Gasteiger partial charge in [0.25, 0.3) is 5.91 Å². The summed E-state index contributed by atoms with van der Waals surface area (Å²) in [4.78, 5) is 28.7. The summed E-state index contributed by atoms with van der Waals surface area (Å²) in [5, 5.41) is 3.01. The van der Waals surface area contributed by atoms with Crippen LogP contribution in [0.3, 0.4) is 0 Å². The Morgan fingerprint density at radius 2 is 1.82 bits per heavy atom. The van der Waals surface area contributed by atoms with E-state index in [1.165, 1.54) is 0 Å². The van der Waals surface area contributed by atoms with E-state index >= 15 is 0 Å². The van der Waals surface area contributed by atoms with Crippen LogP contribution in [0.15, 0.2) is 46.9 Å². The molecule has 1 saturated heterocycles. The number of carbonyl (C=O) groups excluding carboxylic acids is 2. The van der Waals surface area contributed by atoms with Gasteiger partial charge in [0.2, 0.25) is 5.91 Å². The Kier molecular flexibility index (Phi) is 6.57. The number of hydrogen-bond acceptors (Lipinski definition) is 4. The Bertz CT molecular complexity index is 864. The molecule has 0 radical (unpaired) electrons. The van der Waals surface area contributed by atoms with Crippen molar-refractivity contribution in [2.45, 2.75) is 13.3 Å². The van der Waals surface area contributed by atoms with Crippen molar-refractivity contribution in [1.29, 1.82) is 0 Å². The summed E-state index contributed by atoms with van der Waals surface area (Å²) in [6.45, 7) is 4.76. The molecule has 0 unspecified atom stereocenters. The number of nitrogens with zero attached hydrogens (tertiary/aromatic N) is 2. The fraction of sp³-hybridized carbons (Fsp3) is 0.333. The zero-order valence-electron chi connectivity index (χ0n) is 16.1. The number of methoxy groups -OCH3 is 1. The van der Waals surface area contributed by atoms with E-state index in [0.29, 0.717) is 30.8 Å². The Labute approximate surface area is 173 Å². The molecule has 6 nitrogen and oxygen atoms in total. The molecule has 0 spiro atoms. The number of rotatable bonds is 5. The largest absolute Gasteiger partial charge is 0.496 e. The Morgan fingerprint density at radius 1 is 1.11 bits per heavy atom. The van der Waals surface area contributed by atoms with Gasteiger partial charge >= 0.3 is 0 Å². The van der Waals surface area contributed by atoms with Gasteiger partial charge in [-0.25, -0.2) is 0 Å². The molecule has 28 heavy (non-hydrogen) atoms. The number of nitrogens with one attached hydrogen (secondary N) is 1. The second kappa shape index (κ2) is 9.10. The zero-order valence-corrected chi connectivity index (χ0v) is 17.7. The van der Waals surface area contributed by atoms with Crippen molar-refractivity contribution in [3.63, 3.8) is 0 Å². The molecule has 0 atom stereocenters. The van der Waals surface area contributed by atoms with Crippen molar-refractivity contribution < 1.29 is 14.3 Å². The van der Waals surface area contributed by atoms with Crippen LogP contribution in [0.25, 0.3) is 0 Å². The highest BCUT2D eigenvalue weighted by atomic mass is 79.9. The second-order valence-electron chi connectivity index (χ2n) is 6.54. The third kappa shape index (κ3) is 4.47. The highest BCUT2D eigenvalue weighted by Crippen LogP contribution is 2.29. The van der Waals surface area contributed by atoms with E-state index in [0.717, 1.165) is 28.9 Å². The molecule has 0 aliphatic carbocycles. The summed E-state index contributed by atoms with van der Waals surface area (Å²) < 4.78 is 5.95. The third-order valence-electron chi connectivity index (χ3n) is 4.84. The smallest absolute Gasteiger partial charge is 0.255 e. The van der Waals surface area contributed by atoms with Gasteiger partial charge in [-0.2, -0.15) is 0 Å². The number of para-hydroxylation sites is 2. The Hall–Kier alpha value is -2.54. The first-order valence-corrected chi connectivity index (χ1v) is 10.1. The Balaban J connectivity index is 1.73. The van der Waals surface area contributed by atoms with E-state index < -0.39 is 0 Å². The molecule has 2 aromatic carbocycles. The predicted molar refractivity (Wildman–Crippen MR) is 114 cm³/mol.